The average molecular weight is 728 g/mol. The molecular formula is C37H46ClN3O8S. The summed E-state index contributed by atoms with van der Waals surface area (Å²) in [6, 6.07) is 9.08. The maximum atomic E-state index is 13.7. The van der Waals surface area contributed by atoms with Crippen LogP contribution in [0, 0.1) is 5.92 Å². The van der Waals surface area contributed by atoms with E-state index in [0.717, 1.165) is 24.8 Å². The van der Waals surface area contributed by atoms with Crippen molar-refractivity contribution in [2.75, 3.05) is 44.3 Å². The van der Waals surface area contributed by atoms with Crippen molar-refractivity contribution in [3.05, 3.63) is 64.2 Å². The van der Waals surface area contributed by atoms with E-state index in [1.807, 2.05) is 6.08 Å². The number of carbonyl (C=O) groups excluding carboxylic acids is 2. The number of nitrogens with zero attached hydrogens (tertiary/aromatic N) is 2. The van der Waals surface area contributed by atoms with Crippen LogP contribution < -0.4 is 14.4 Å². The van der Waals surface area contributed by atoms with Gasteiger partial charge in [-0.1, -0.05) is 30.7 Å². The Bertz CT molecular complexity index is 1810. The van der Waals surface area contributed by atoms with Crippen LogP contribution in [0.1, 0.15) is 75.5 Å². The quantitative estimate of drug-likeness (QED) is 0.407. The molecule has 5 aliphatic rings. The number of ether oxygens (including phenoxy) is 3. The largest absolute Gasteiger partial charge is 0.490 e. The first-order valence-electron chi connectivity index (χ1n) is 17.7. The van der Waals surface area contributed by atoms with Crippen LogP contribution in [0.2, 0.25) is 5.02 Å². The zero-order valence-electron chi connectivity index (χ0n) is 28.8. The van der Waals surface area contributed by atoms with Gasteiger partial charge in [0.15, 0.2) is 0 Å². The van der Waals surface area contributed by atoms with Crippen molar-refractivity contribution in [3.8, 4) is 5.75 Å². The lowest BCUT2D eigenvalue weighted by Gasteiger charge is -2.46. The zero-order chi connectivity index (χ0) is 35.4. The Morgan fingerprint density at radius 3 is 2.72 bits per heavy atom. The first kappa shape index (κ1) is 35.1. The van der Waals surface area contributed by atoms with E-state index in [9.17, 15) is 23.1 Å². The van der Waals surface area contributed by atoms with E-state index in [-0.39, 0.29) is 28.8 Å². The highest BCUT2D eigenvalue weighted by Gasteiger charge is 2.46. The number of benzene rings is 2. The number of hydrogen-bond donors (Lipinski definition) is 2. The van der Waals surface area contributed by atoms with Gasteiger partial charge in [0.2, 0.25) is 0 Å². The summed E-state index contributed by atoms with van der Waals surface area (Å²) in [7, 11) is -4.26. The van der Waals surface area contributed by atoms with E-state index in [2.05, 4.69) is 28.7 Å². The van der Waals surface area contributed by atoms with E-state index >= 15 is 0 Å². The minimum absolute atomic E-state index is 0.0318. The van der Waals surface area contributed by atoms with Gasteiger partial charge >= 0.3 is 6.09 Å². The van der Waals surface area contributed by atoms with E-state index in [0.29, 0.717) is 68.5 Å². The van der Waals surface area contributed by atoms with Crippen LogP contribution in [0.15, 0.2) is 47.4 Å². The second kappa shape index (κ2) is 13.3. The smallest absolute Gasteiger partial charge is 0.410 e. The molecule has 2 aromatic rings. The number of carbonyl (C=O) groups is 2. The highest BCUT2D eigenvalue weighted by Crippen LogP contribution is 2.50. The van der Waals surface area contributed by atoms with Crippen LogP contribution in [0.4, 0.5) is 10.5 Å². The molecule has 4 heterocycles. The molecule has 4 aliphatic heterocycles. The Hall–Kier alpha value is -3.32. The Labute approximate surface area is 298 Å². The van der Waals surface area contributed by atoms with Gasteiger partial charge in [-0.2, -0.15) is 0 Å². The molecule has 4 atom stereocenters. The third-order valence-corrected chi connectivity index (χ3v) is 13.0. The highest BCUT2D eigenvalue weighted by atomic mass is 35.5. The summed E-state index contributed by atoms with van der Waals surface area (Å²) >= 11 is 7.19. The standard InChI is InChI=1S/C37H46ClN3O8S/c1-4-26-28-20-41-21-37(13-5-7-23-17-30(38)27(28)19-29(23)37)22-47-33-10-9-25(18-31(33)41)50(45,46)39-34(43)36(2,3)48-16-6-8-32(26)49-35(44)40-14-11-24(42)12-15-40/h6,8-10,17-19,24,26,28,32,42H,4-5,7,11-16,20-22H2,1-3H3,(H,39,43)/b8-6+/t26-,28+,32+,37+/m1/s1. The highest BCUT2D eigenvalue weighted by molar-refractivity contribution is 7.90. The average Bonchev–Trinajstić information content (AvgIpc) is 3.22. The molecule has 1 spiro atoms. The number of anilines is 1. The number of aliphatic hydroxyl groups excluding tert-OH is 1. The van der Waals surface area contributed by atoms with Gasteiger partial charge in [0, 0.05) is 48.5 Å². The summed E-state index contributed by atoms with van der Waals surface area (Å²) in [5.41, 5.74) is 2.12. The van der Waals surface area contributed by atoms with Crippen LogP contribution in [-0.2, 0) is 36.1 Å². The fourth-order valence-corrected chi connectivity index (χ4v) is 9.81. The van der Waals surface area contributed by atoms with E-state index in [1.165, 1.54) is 31.0 Å². The molecule has 0 radical (unpaired) electrons. The third-order valence-electron chi connectivity index (χ3n) is 11.3. The third kappa shape index (κ3) is 6.48. The first-order chi connectivity index (χ1) is 23.8. The number of likely N-dealkylation sites (tertiary alicyclic amines) is 1. The number of sulfonamides is 1. The summed E-state index contributed by atoms with van der Waals surface area (Å²) in [4.78, 5) is 30.8. The molecule has 50 heavy (non-hydrogen) atoms. The minimum atomic E-state index is -4.26. The lowest BCUT2D eigenvalue weighted by Crippen LogP contribution is -2.49. The first-order valence-corrected chi connectivity index (χ1v) is 19.5. The van der Waals surface area contributed by atoms with Crippen molar-refractivity contribution in [2.45, 2.75) is 93.3 Å². The molecule has 270 valence electrons. The summed E-state index contributed by atoms with van der Waals surface area (Å²) in [6.45, 7) is 7.32. The van der Waals surface area contributed by atoms with Crippen molar-refractivity contribution < 1.29 is 37.3 Å². The molecule has 2 N–H and O–H groups in total. The number of rotatable bonds is 2. The molecule has 2 aromatic carbocycles. The molecule has 0 saturated carbocycles. The molecule has 13 heteroatoms. The van der Waals surface area contributed by atoms with Gasteiger partial charge in [-0.15, -0.1) is 0 Å². The monoisotopic (exact) mass is 727 g/mol. The molecule has 1 aliphatic carbocycles. The predicted molar refractivity (Wildman–Crippen MR) is 188 cm³/mol. The number of fused-ring (bicyclic) bond motifs is 4. The van der Waals surface area contributed by atoms with Crippen LogP contribution in [0.25, 0.3) is 0 Å². The Balaban J connectivity index is 1.39. The zero-order valence-corrected chi connectivity index (χ0v) is 30.4. The summed E-state index contributed by atoms with van der Waals surface area (Å²) in [6.07, 6.45) is 6.33. The van der Waals surface area contributed by atoms with Crippen LogP contribution in [0.3, 0.4) is 0 Å². The SMILES string of the molecule is CC[C@H]1[C@@H](OC(=O)N2CCC(O)CC2)/C=C/COC(C)(C)C(=O)NS(=O)(=O)c2ccc3c(c2)N2C[C@@H]1c1cc4c(cc1Cl)CCC[C@@]4(CO3)C2. The van der Waals surface area contributed by atoms with Crippen molar-refractivity contribution >= 4 is 39.3 Å². The Kier molecular flexibility index (Phi) is 9.36. The number of aryl methyl sites for hydroxylation is 1. The van der Waals surface area contributed by atoms with Gasteiger partial charge < -0.3 is 29.1 Å². The van der Waals surface area contributed by atoms with Crippen molar-refractivity contribution in [2.24, 2.45) is 5.92 Å². The minimum Gasteiger partial charge on any atom is -0.490 e. The lowest BCUT2D eigenvalue weighted by molar-refractivity contribution is -0.139. The van der Waals surface area contributed by atoms with Gasteiger partial charge in [0.25, 0.3) is 15.9 Å². The predicted octanol–water partition coefficient (Wildman–Crippen LogP) is 5.07. The van der Waals surface area contributed by atoms with Gasteiger partial charge in [-0.05, 0) is 99.4 Å². The fourth-order valence-electron chi connectivity index (χ4n) is 8.36. The molecular weight excluding hydrogens is 682 g/mol. The summed E-state index contributed by atoms with van der Waals surface area (Å²) in [5.74, 6) is -0.730. The van der Waals surface area contributed by atoms with Crippen LogP contribution in [-0.4, -0.2) is 87.6 Å². The van der Waals surface area contributed by atoms with Gasteiger partial charge in [0.1, 0.15) is 17.5 Å². The Morgan fingerprint density at radius 2 is 1.96 bits per heavy atom. The maximum absolute atomic E-state index is 13.7. The topological polar surface area (TPSA) is 135 Å². The number of hydrogen-bond acceptors (Lipinski definition) is 9. The van der Waals surface area contributed by atoms with E-state index in [4.69, 9.17) is 25.8 Å². The van der Waals surface area contributed by atoms with Crippen molar-refractivity contribution in [1.29, 1.82) is 0 Å². The van der Waals surface area contributed by atoms with Gasteiger partial charge in [-0.3, -0.25) is 4.79 Å². The molecule has 0 aromatic heterocycles. The molecule has 0 unspecified atom stereocenters. The Morgan fingerprint density at radius 1 is 1.18 bits per heavy atom. The fraction of sp³-hybridized carbons (Fsp3) is 0.568. The van der Waals surface area contributed by atoms with E-state index in [1.54, 1.807) is 23.1 Å². The van der Waals surface area contributed by atoms with Crippen molar-refractivity contribution in [1.82, 2.24) is 9.62 Å². The molecule has 1 saturated heterocycles. The summed E-state index contributed by atoms with van der Waals surface area (Å²) < 4.78 is 48.3. The van der Waals surface area contributed by atoms with Crippen LogP contribution >= 0.6 is 11.6 Å². The number of nitrogens with one attached hydrogen (secondary N) is 1. The molecule has 2 amide bonds. The normalized spacial score (nSPS) is 29.6. The number of aliphatic hydroxyl groups is 1. The second-order valence-electron chi connectivity index (χ2n) is 14.9. The summed E-state index contributed by atoms with van der Waals surface area (Å²) in [5, 5.41) is 10.7. The molecule has 7 rings (SSSR count). The van der Waals surface area contributed by atoms with Gasteiger partial charge in [-0.25, -0.2) is 17.9 Å². The van der Waals surface area contributed by atoms with E-state index < -0.39 is 39.8 Å². The molecule has 11 nitrogen and oxygen atoms in total. The second-order valence-corrected chi connectivity index (χ2v) is 17.0. The maximum Gasteiger partial charge on any atom is 0.410 e. The van der Waals surface area contributed by atoms with Crippen LogP contribution in [0.5, 0.6) is 5.75 Å². The molecule has 1 fully saturated rings. The number of piperidine rings is 1. The molecule has 7 bridgehead atoms. The van der Waals surface area contributed by atoms with Crippen molar-refractivity contribution in [3.63, 3.8) is 0 Å². The van der Waals surface area contributed by atoms with Gasteiger partial charge in [0.05, 0.1) is 29.9 Å². The number of halogens is 1. The number of amides is 2. The lowest BCUT2D eigenvalue weighted by atomic mass is 9.67.